The van der Waals surface area contributed by atoms with Crippen molar-refractivity contribution in [2.75, 3.05) is 0 Å². The molecule has 0 aliphatic heterocycles. The van der Waals surface area contributed by atoms with Gasteiger partial charge < -0.3 is 5.73 Å². The highest BCUT2D eigenvalue weighted by atomic mass is 14.7. The molecule has 2 N–H and O–H groups in total. The summed E-state index contributed by atoms with van der Waals surface area (Å²) >= 11 is 0. The lowest BCUT2D eigenvalue weighted by Gasteiger charge is -2.45. The van der Waals surface area contributed by atoms with Crippen LogP contribution in [0.3, 0.4) is 0 Å². The fourth-order valence-corrected chi connectivity index (χ4v) is 3.34. The molecule has 1 aromatic rings. The summed E-state index contributed by atoms with van der Waals surface area (Å²) < 4.78 is 0. The van der Waals surface area contributed by atoms with Gasteiger partial charge in [0, 0.05) is 11.5 Å². The molecule has 1 unspecified atom stereocenters. The first-order valence-electron chi connectivity index (χ1n) is 7.05. The minimum Gasteiger partial charge on any atom is -0.327 e. The predicted octanol–water partition coefficient (Wildman–Crippen LogP) is 3.87. The van der Waals surface area contributed by atoms with Gasteiger partial charge in [0.2, 0.25) is 0 Å². The quantitative estimate of drug-likeness (QED) is 0.818. The lowest BCUT2D eigenvalue weighted by Crippen LogP contribution is -2.51. The molecule has 94 valence electrons. The van der Waals surface area contributed by atoms with E-state index in [-0.39, 0.29) is 5.41 Å². The molecular formula is C16H25N. The van der Waals surface area contributed by atoms with E-state index in [4.69, 9.17) is 5.73 Å². The Morgan fingerprint density at radius 3 is 2.18 bits per heavy atom. The van der Waals surface area contributed by atoms with Crippen LogP contribution in [0.25, 0.3) is 0 Å². The largest absolute Gasteiger partial charge is 0.327 e. The van der Waals surface area contributed by atoms with Gasteiger partial charge in [0.1, 0.15) is 0 Å². The van der Waals surface area contributed by atoms with Crippen LogP contribution in [0.4, 0.5) is 0 Å². The molecule has 0 aromatic heterocycles. The standard InChI is InChI=1S/C16H25N/c1-3-16(4-2,14-11-6-5-7-12-14)15(17)13-9-8-10-13/h5-7,11-13,15H,3-4,8-10,17H2,1-2H3. The molecule has 0 heterocycles. The van der Waals surface area contributed by atoms with Crippen LogP contribution in [-0.2, 0) is 5.41 Å². The van der Waals surface area contributed by atoms with Crippen LogP contribution in [0.1, 0.15) is 51.5 Å². The Labute approximate surface area is 105 Å². The van der Waals surface area contributed by atoms with E-state index >= 15 is 0 Å². The van der Waals surface area contributed by atoms with E-state index in [0.717, 1.165) is 18.8 Å². The summed E-state index contributed by atoms with van der Waals surface area (Å²) in [7, 11) is 0. The predicted molar refractivity (Wildman–Crippen MR) is 74.0 cm³/mol. The van der Waals surface area contributed by atoms with E-state index < -0.39 is 0 Å². The molecule has 1 aliphatic carbocycles. The summed E-state index contributed by atoms with van der Waals surface area (Å²) in [6, 6.07) is 11.2. The maximum Gasteiger partial charge on any atom is 0.0165 e. The Hall–Kier alpha value is -0.820. The summed E-state index contributed by atoms with van der Waals surface area (Å²) in [5.41, 5.74) is 8.23. The van der Waals surface area contributed by atoms with Crippen molar-refractivity contribution in [1.29, 1.82) is 0 Å². The molecule has 0 spiro atoms. The van der Waals surface area contributed by atoms with Crippen LogP contribution in [0.5, 0.6) is 0 Å². The summed E-state index contributed by atoms with van der Waals surface area (Å²) in [6.07, 6.45) is 6.32. The van der Waals surface area contributed by atoms with Crippen molar-refractivity contribution in [3.05, 3.63) is 35.9 Å². The van der Waals surface area contributed by atoms with E-state index in [1.54, 1.807) is 0 Å². The first-order chi connectivity index (χ1) is 8.24. The maximum absolute atomic E-state index is 6.61. The first kappa shape index (κ1) is 12.6. The number of hydrogen-bond acceptors (Lipinski definition) is 1. The van der Waals surface area contributed by atoms with Gasteiger partial charge in [0.15, 0.2) is 0 Å². The second-order valence-electron chi connectivity index (χ2n) is 5.45. The van der Waals surface area contributed by atoms with Crippen molar-refractivity contribution < 1.29 is 0 Å². The third-order valence-electron chi connectivity index (χ3n) is 4.91. The zero-order chi connectivity index (χ0) is 12.3. The molecular weight excluding hydrogens is 206 g/mol. The van der Waals surface area contributed by atoms with E-state index in [1.165, 1.54) is 24.8 Å². The molecule has 0 bridgehead atoms. The van der Waals surface area contributed by atoms with Crippen LogP contribution in [0, 0.1) is 5.92 Å². The highest BCUT2D eigenvalue weighted by molar-refractivity contribution is 5.28. The molecule has 1 aromatic carbocycles. The van der Waals surface area contributed by atoms with E-state index in [9.17, 15) is 0 Å². The van der Waals surface area contributed by atoms with Crippen LogP contribution in [-0.4, -0.2) is 6.04 Å². The molecule has 17 heavy (non-hydrogen) atoms. The van der Waals surface area contributed by atoms with E-state index in [2.05, 4.69) is 44.2 Å². The smallest absolute Gasteiger partial charge is 0.0165 e. The van der Waals surface area contributed by atoms with Crippen molar-refractivity contribution in [3.63, 3.8) is 0 Å². The third kappa shape index (κ3) is 2.13. The Balaban J connectivity index is 2.30. The van der Waals surface area contributed by atoms with Gasteiger partial charge >= 0.3 is 0 Å². The number of rotatable bonds is 5. The normalized spacial score (nSPS) is 18.8. The minimum atomic E-state index is 0.187. The molecule has 1 heteroatoms. The van der Waals surface area contributed by atoms with Crippen molar-refractivity contribution in [2.45, 2.75) is 57.4 Å². The highest BCUT2D eigenvalue weighted by Gasteiger charge is 2.41. The van der Waals surface area contributed by atoms with Crippen LogP contribution >= 0.6 is 0 Å². The second kappa shape index (κ2) is 5.22. The molecule has 1 saturated carbocycles. The zero-order valence-corrected chi connectivity index (χ0v) is 11.2. The van der Waals surface area contributed by atoms with Crippen molar-refractivity contribution >= 4 is 0 Å². The lowest BCUT2D eigenvalue weighted by molar-refractivity contribution is 0.170. The monoisotopic (exact) mass is 231 g/mol. The van der Waals surface area contributed by atoms with Gasteiger partial charge in [-0.2, -0.15) is 0 Å². The summed E-state index contributed by atoms with van der Waals surface area (Å²) in [5, 5.41) is 0. The van der Waals surface area contributed by atoms with Gasteiger partial charge in [-0.05, 0) is 37.2 Å². The summed E-state index contributed by atoms with van der Waals surface area (Å²) in [6.45, 7) is 4.57. The first-order valence-corrected chi connectivity index (χ1v) is 7.05. The topological polar surface area (TPSA) is 26.0 Å². The fraction of sp³-hybridized carbons (Fsp3) is 0.625. The molecule has 0 radical (unpaired) electrons. The van der Waals surface area contributed by atoms with Crippen molar-refractivity contribution in [2.24, 2.45) is 11.7 Å². The number of hydrogen-bond donors (Lipinski definition) is 1. The molecule has 2 rings (SSSR count). The van der Waals surface area contributed by atoms with Crippen LogP contribution < -0.4 is 5.73 Å². The zero-order valence-electron chi connectivity index (χ0n) is 11.2. The van der Waals surface area contributed by atoms with E-state index in [1.807, 2.05) is 0 Å². The van der Waals surface area contributed by atoms with E-state index in [0.29, 0.717) is 6.04 Å². The Morgan fingerprint density at radius 2 is 1.76 bits per heavy atom. The second-order valence-corrected chi connectivity index (χ2v) is 5.45. The Bertz CT molecular complexity index is 336. The fourth-order valence-electron chi connectivity index (χ4n) is 3.34. The van der Waals surface area contributed by atoms with Gasteiger partial charge in [-0.15, -0.1) is 0 Å². The van der Waals surface area contributed by atoms with Crippen molar-refractivity contribution in [3.8, 4) is 0 Å². The molecule has 0 amide bonds. The van der Waals surface area contributed by atoms with Gasteiger partial charge in [-0.25, -0.2) is 0 Å². The molecule has 0 saturated heterocycles. The van der Waals surface area contributed by atoms with Crippen molar-refractivity contribution in [1.82, 2.24) is 0 Å². The maximum atomic E-state index is 6.61. The number of nitrogens with two attached hydrogens (primary N) is 1. The molecule has 1 atom stereocenters. The average Bonchev–Trinajstić information content (AvgIpc) is 2.31. The van der Waals surface area contributed by atoms with Gasteiger partial charge in [0.25, 0.3) is 0 Å². The van der Waals surface area contributed by atoms with Gasteiger partial charge in [0.05, 0.1) is 0 Å². The van der Waals surface area contributed by atoms with Crippen LogP contribution in [0.2, 0.25) is 0 Å². The Morgan fingerprint density at radius 1 is 1.18 bits per heavy atom. The Kier molecular flexibility index (Phi) is 3.88. The molecule has 1 aliphatic rings. The molecule has 1 nitrogen and oxygen atoms in total. The van der Waals surface area contributed by atoms with Gasteiger partial charge in [-0.1, -0.05) is 50.6 Å². The average molecular weight is 231 g/mol. The summed E-state index contributed by atoms with van der Waals surface area (Å²) in [4.78, 5) is 0. The summed E-state index contributed by atoms with van der Waals surface area (Å²) in [5.74, 6) is 0.745. The minimum absolute atomic E-state index is 0.187. The number of benzene rings is 1. The molecule has 1 fully saturated rings. The van der Waals surface area contributed by atoms with Gasteiger partial charge in [-0.3, -0.25) is 0 Å². The SMILES string of the molecule is CCC(CC)(c1ccccc1)C(N)C1CCC1. The van der Waals surface area contributed by atoms with Crippen LogP contribution in [0.15, 0.2) is 30.3 Å². The lowest BCUT2D eigenvalue weighted by atomic mass is 9.62. The third-order valence-corrected chi connectivity index (χ3v) is 4.91. The highest BCUT2D eigenvalue weighted by Crippen LogP contribution is 2.42.